The zero-order valence-electron chi connectivity index (χ0n) is 12.2. The first kappa shape index (κ1) is 14.9. The van der Waals surface area contributed by atoms with Crippen molar-refractivity contribution in [2.24, 2.45) is 5.92 Å². The fourth-order valence-corrected chi connectivity index (χ4v) is 2.48. The minimum absolute atomic E-state index is 0.167. The van der Waals surface area contributed by atoms with E-state index in [1.807, 2.05) is 38.1 Å². The van der Waals surface area contributed by atoms with Gasteiger partial charge >= 0.3 is 5.97 Å². The van der Waals surface area contributed by atoms with Crippen molar-refractivity contribution in [3.63, 3.8) is 0 Å². The second kappa shape index (κ2) is 7.29. The van der Waals surface area contributed by atoms with E-state index in [-0.39, 0.29) is 17.9 Å². The first-order chi connectivity index (χ1) is 9.70. The number of nitrogens with one attached hydrogen (secondary N) is 1. The molecule has 1 aromatic carbocycles. The van der Waals surface area contributed by atoms with Crippen LogP contribution in [0.4, 0.5) is 5.69 Å². The number of carbonyl (C=O) groups excluding carboxylic acids is 1. The molecule has 2 rings (SSSR count). The highest BCUT2D eigenvalue weighted by molar-refractivity contribution is 5.79. The van der Waals surface area contributed by atoms with Crippen molar-refractivity contribution in [1.82, 2.24) is 0 Å². The fraction of sp³-hybridized carbons (Fsp3) is 0.562. The number of carbonyl (C=O) groups is 1. The van der Waals surface area contributed by atoms with Gasteiger partial charge in [0.2, 0.25) is 0 Å². The molecule has 4 nitrogen and oxygen atoms in total. The second-order valence-corrected chi connectivity index (χ2v) is 5.19. The first-order valence-electron chi connectivity index (χ1n) is 7.28. The molecule has 0 bridgehead atoms. The summed E-state index contributed by atoms with van der Waals surface area (Å²) < 4.78 is 10.6. The molecule has 1 heterocycles. The Morgan fingerprint density at radius 2 is 2.00 bits per heavy atom. The molecular weight excluding hydrogens is 254 g/mol. The standard InChI is InChI=1S/C16H23NO3/c1-3-20-16(18)15(13-8-10-19-11-9-13)17-14-6-4-12(2)5-7-14/h4-7,13,15,17H,3,8-11H2,1-2H3. The molecule has 0 spiro atoms. The summed E-state index contributed by atoms with van der Waals surface area (Å²) in [5.41, 5.74) is 2.16. The van der Waals surface area contributed by atoms with Crippen LogP contribution in [0.1, 0.15) is 25.3 Å². The molecule has 1 atom stereocenters. The molecular formula is C16H23NO3. The van der Waals surface area contributed by atoms with Crippen molar-refractivity contribution in [3.05, 3.63) is 29.8 Å². The molecule has 0 aliphatic carbocycles. The van der Waals surface area contributed by atoms with E-state index < -0.39 is 0 Å². The SMILES string of the molecule is CCOC(=O)C(Nc1ccc(C)cc1)C1CCOCC1. The third-order valence-corrected chi connectivity index (χ3v) is 3.65. The average Bonchev–Trinajstić information content (AvgIpc) is 2.48. The first-order valence-corrected chi connectivity index (χ1v) is 7.28. The molecule has 0 aromatic heterocycles. The van der Waals surface area contributed by atoms with Crippen LogP contribution in [0.25, 0.3) is 0 Å². The third kappa shape index (κ3) is 3.97. The highest BCUT2D eigenvalue weighted by Gasteiger charge is 2.30. The molecule has 0 amide bonds. The number of aryl methyl sites for hydroxylation is 1. The Morgan fingerprint density at radius 1 is 1.35 bits per heavy atom. The summed E-state index contributed by atoms with van der Waals surface area (Å²) in [7, 11) is 0. The van der Waals surface area contributed by atoms with E-state index in [1.54, 1.807) is 0 Å². The number of anilines is 1. The summed E-state index contributed by atoms with van der Waals surface area (Å²) in [5, 5.41) is 3.33. The van der Waals surface area contributed by atoms with Gasteiger partial charge in [-0.05, 0) is 44.7 Å². The minimum Gasteiger partial charge on any atom is -0.464 e. The molecule has 0 radical (unpaired) electrons. The molecule has 1 fully saturated rings. The van der Waals surface area contributed by atoms with Crippen molar-refractivity contribution in [3.8, 4) is 0 Å². The molecule has 1 aliphatic heterocycles. The van der Waals surface area contributed by atoms with E-state index in [1.165, 1.54) is 5.56 Å². The molecule has 1 aromatic rings. The quantitative estimate of drug-likeness (QED) is 0.841. The van der Waals surface area contributed by atoms with Crippen LogP contribution in [0.2, 0.25) is 0 Å². The molecule has 20 heavy (non-hydrogen) atoms. The van der Waals surface area contributed by atoms with Crippen LogP contribution in [0.3, 0.4) is 0 Å². The normalized spacial score (nSPS) is 17.5. The average molecular weight is 277 g/mol. The van der Waals surface area contributed by atoms with Gasteiger partial charge in [-0.3, -0.25) is 0 Å². The van der Waals surface area contributed by atoms with Crippen molar-refractivity contribution in [2.45, 2.75) is 32.7 Å². The summed E-state index contributed by atoms with van der Waals surface area (Å²) in [6.07, 6.45) is 1.78. The lowest BCUT2D eigenvalue weighted by Crippen LogP contribution is -2.41. The maximum absolute atomic E-state index is 12.2. The zero-order chi connectivity index (χ0) is 14.4. The lowest BCUT2D eigenvalue weighted by atomic mass is 9.91. The van der Waals surface area contributed by atoms with Gasteiger partial charge in [0.25, 0.3) is 0 Å². The Morgan fingerprint density at radius 3 is 2.60 bits per heavy atom. The molecule has 0 saturated carbocycles. The lowest BCUT2D eigenvalue weighted by Gasteiger charge is -2.30. The molecule has 1 saturated heterocycles. The van der Waals surface area contributed by atoms with E-state index in [0.29, 0.717) is 6.61 Å². The van der Waals surface area contributed by atoms with Crippen LogP contribution in [0.15, 0.2) is 24.3 Å². The fourth-order valence-electron chi connectivity index (χ4n) is 2.48. The summed E-state index contributed by atoms with van der Waals surface area (Å²) >= 11 is 0. The number of ether oxygens (including phenoxy) is 2. The maximum atomic E-state index is 12.2. The van der Waals surface area contributed by atoms with Crippen LogP contribution in [0.5, 0.6) is 0 Å². The zero-order valence-corrected chi connectivity index (χ0v) is 12.2. The van der Waals surface area contributed by atoms with Gasteiger partial charge in [-0.25, -0.2) is 4.79 Å². The van der Waals surface area contributed by atoms with E-state index in [0.717, 1.165) is 31.7 Å². The largest absolute Gasteiger partial charge is 0.464 e. The highest BCUT2D eigenvalue weighted by atomic mass is 16.5. The number of rotatable bonds is 5. The van der Waals surface area contributed by atoms with Gasteiger partial charge < -0.3 is 14.8 Å². The molecule has 110 valence electrons. The van der Waals surface area contributed by atoms with E-state index >= 15 is 0 Å². The predicted octanol–water partition coefficient (Wildman–Crippen LogP) is 2.77. The summed E-state index contributed by atoms with van der Waals surface area (Å²) in [5.74, 6) is 0.101. The van der Waals surface area contributed by atoms with Gasteiger partial charge in [0.1, 0.15) is 6.04 Å². The smallest absolute Gasteiger partial charge is 0.328 e. The lowest BCUT2D eigenvalue weighted by molar-refractivity contribution is -0.146. The molecule has 1 N–H and O–H groups in total. The Balaban J connectivity index is 2.08. The summed E-state index contributed by atoms with van der Waals surface area (Å²) in [6, 6.07) is 7.78. The van der Waals surface area contributed by atoms with Crippen LogP contribution in [-0.2, 0) is 14.3 Å². The highest BCUT2D eigenvalue weighted by Crippen LogP contribution is 2.23. The third-order valence-electron chi connectivity index (χ3n) is 3.65. The monoisotopic (exact) mass is 277 g/mol. The Hall–Kier alpha value is -1.55. The second-order valence-electron chi connectivity index (χ2n) is 5.19. The van der Waals surface area contributed by atoms with Crippen molar-refractivity contribution in [1.29, 1.82) is 0 Å². The van der Waals surface area contributed by atoms with E-state index in [4.69, 9.17) is 9.47 Å². The summed E-state index contributed by atoms with van der Waals surface area (Å²) in [4.78, 5) is 12.2. The van der Waals surface area contributed by atoms with Gasteiger partial charge in [-0.1, -0.05) is 17.7 Å². The number of hydrogen-bond acceptors (Lipinski definition) is 4. The van der Waals surface area contributed by atoms with Crippen LogP contribution >= 0.6 is 0 Å². The number of esters is 1. The van der Waals surface area contributed by atoms with Crippen LogP contribution in [0, 0.1) is 12.8 Å². The predicted molar refractivity (Wildman–Crippen MR) is 78.8 cm³/mol. The Bertz CT molecular complexity index is 424. The number of hydrogen-bond donors (Lipinski definition) is 1. The van der Waals surface area contributed by atoms with E-state index in [2.05, 4.69) is 5.32 Å². The topological polar surface area (TPSA) is 47.6 Å². The van der Waals surface area contributed by atoms with Crippen molar-refractivity contribution in [2.75, 3.05) is 25.1 Å². The van der Waals surface area contributed by atoms with Gasteiger partial charge in [-0.15, -0.1) is 0 Å². The minimum atomic E-state index is -0.290. The molecule has 1 aliphatic rings. The van der Waals surface area contributed by atoms with Crippen molar-refractivity contribution < 1.29 is 14.3 Å². The van der Waals surface area contributed by atoms with Gasteiger partial charge in [0.05, 0.1) is 6.61 Å². The Labute approximate surface area is 120 Å². The molecule has 4 heteroatoms. The molecule has 1 unspecified atom stereocenters. The van der Waals surface area contributed by atoms with Crippen molar-refractivity contribution >= 4 is 11.7 Å². The van der Waals surface area contributed by atoms with Gasteiger partial charge in [0.15, 0.2) is 0 Å². The van der Waals surface area contributed by atoms with Crippen LogP contribution in [-0.4, -0.2) is 31.8 Å². The van der Waals surface area contributed by atoms with Gasteiger partial charge in [-0.2, -0.15) is 0 Å². The summed E-state index contributed by atoms with van der Waals surface area (Å²) in [6.45, 7) is 5.73. The maximum Gasteiger partial charge on any atom is 0.328 e. The Kier molecular flexibility index (Phi) is 5.41. The van der Waals surface area contributed by atoms with Crippen LogP contribution < -0.4 is 5.32 Å². The van der Waals surface area contributed by atoms with E-state index in [9.17, 15) is 4.79 Å². The number of benzene rings is 1. The van der Waals surface area contributed by atoms with Gasteiger partial charge in [0, 0.05) is 18.9 Å².